The van der Waals surface area contributed by atoms with E-state index in [-0.39, 0.29) is 17.9 Å². The molecule has 7 heteroatoms. The molecule has 2 amide bonds. The fourth-order valence-electron chi connectivity index (χ4n) is 6.79. The van der Waals surface area contributed by atoms with Gasteiger partial charge in [-0.2, -0.15) is 0 Å². The largest absolute Gasteiger partial charge is 0.496 e. The van der Waals surface area contributed by atoms with Crippen LogP contribution in [-0.4, -0.2) is 44.8 Å². The van der Waals surface area contributed by atoms with Crippen molar-refractivity contribution in [2.75, 3.05) is 7.11 Å². The first kappa shape index (κ1) is 31.9. The van der Waals surface area contributed by atoms with Crippen molar-refractivity contribution >= 4 is 22.6 Å². The normalized spacial score (nSPS) is 13.2. The van der Waals surface area contributed by atoms with E-state index in [2.05, 4.69) is 31.2 Å². The van der Waals surface area contributed by atoms with E-state index in [0.717, 1.165) is 47.9 Å². The summed E-state index contributed by atoms with van der Waals surface area (Å²) in [6, 6.07) is 35.3. The number of aromatic nitrogens is 3. The van der Waals surface area contributed by atoms with E-state index < -0.39 is 0 Å². The number of hydrogen-bond donors (Lipinski definition) is 0. The second-order valence-corrected chi connectivity index (χ2v) is 12.4. The van der Waals surface area contributed by atoms with Gasteiger partial charge < -0.3 is 4.74 Å². The molecule has 1 aliphatic heterocycles. The lowest BCUT2D eigenvalue weighted by molar-refractivity contribution is 0.0524. The Labute approximate surface area is 286 Å². The lowest BCUT2D eigenvalue weighted by atomic mass is 9.89. The number of unbranched alkanes of at least 4 members (excludes halogenated alkanes) is 2. The molecule has 0 aliphatic carbocycles. The van der Waals surface area contributed by atoms with E-state index in [1.54, 1.807) is 25.3 Å². The second-order valence-electron chi connectivity index (χ2n) is 12.4. The van der Waals surface area contributed by atoms with E-state index in [4.69, 9.17) is 19.7 Å². The van der Waals surface area contributed by atoms with Gasteiger partial charge in [0.05, 0.1) is 7.11 Å². The second kappa shape index (κ2) is 13.8. The lowest BCUT2D eigenvalue weighted by Crippen LogP contribution is -2.47. The minimum absolute atomic E-state index is 0.163. The Morgan fingerprint density at radius 2 is 1.08 bits per heavy atom. The van der Waals surface area contributed by atoms with Crippen molar-refractivity contribution in [3.63, 3.8) is 0 Å². The molecule has 0 saturated heterocycles. The number of hydrogen-bond acceptors (Lipinski definition) is 6. The van der Waals surface area contributed by atoms with Crippen LogP contribution in [-0.2, 0) is 0 Å². The van der Waals surface area contributed by atoms with Gasteiger partial charge >= 0.3 is 0 Å². The maximum absolute atomic E-state index is 14.1. The van der Waals surface area contributed by atoms with Crippen LogP contribution in [0.1, 0.15) is 66.7 Å². The summed E-state index contributed by atoms with van der Waals surface area (Å²) >= 11 is 0. The maximum Gasteiger partial charge on any atom is 0.261 e. The van der Waals surface area contributed by atoms with Crippen molar-refractivity contribution in [3.8, 4) is 51.0 Å². The molecule has 1 aliphatic rings. The Bertz CT molecular complexity index is 2130. The van der Waals surface area contributed by atoms with Gasteiger partial charge in [0.15, 0.2) is 17.5 Å². The van der Waals surface area contributed by atoms with Crippen molar-refractivity contribution in [1.82, 2.24) is 19.9 Å². The molecule has 6 aromatic rings. The highest BCUT2D eigenvalue weighted by atomic mass is 16.5. The van der Waals surface area contributed by atoms with Crippen LogP contribution in [0.25, 0.3) is 56.1 Å². The monoisotopic (exact) mass is 646 g/mol. The number of carbonyl (C=O) groups excluding carboxylic acids is 2. The molecule has 2 heterocycles. The molecule has 7 nitrogen and oxygen atoms in total. The topological polar surface area (TPSA) is 85.3 Å². The van der Waals surface area contributed by atoms with E-state index in [9.17, 15) is 9.59 Å². The summed E-state index contributed by atoms with van der Waals surface area (Å²) in [5.41, 5.74) is 5.52. The number of carbonyl (C=O) groups is 2. The van der Waals surface area contributed by atoms with Crippen LogP contribution < -0.4 is 4.74 Å². The molecule has 1 atom stereocenters. The molecule has 49 heavy (non-hydrogen) atoms. The summed E-state index contributed by atoms with van der Waals surface area (Å²) in [5.74, 6) is 1.44. The van der Waals surface area contributed by atoms with Crippen molar-refractivity contribution in [2.24, 2.45) is 0 Å². The summed E-state index contributed by atoms with van der Waals surface area (Å²) in [5, 5.41) is 1.20. The number of methoxy groups -OCH3 is 1. The van der Waals surface area contributed by atoms with E-state index >= 15 is 0 Å². The molecule has 0 N–H and O–H groups in total. The first-order valence-electron chi connectivity index (χ1n) is 17.0. The van der Waals surface area contributed by atoms with Crippen molar-refractivity contribution in [2.45, 2.75) is 52.0 Å². The quantitative estimate of drug-likeness (QED) is 0.103. The Hall–Kier alpha value is -5.69. The molecule has 244 valence electrons. The summed E-state index contributed by atoms with van der Waals surface area (Å²) in [6.07, 6.45) is 4.60. The van der Waals surface area contributed by atoms with Gasteiger partial charge in [0.25, 0.3) is 11.8 Å². The zero-order valence-electron chi connectivity index (χ0n) is 28.0. The number of imide groups is 1. The van der Waals surface area contributed by atoms with Crippen LogP contribution in [0.4, 0.5) is 0 Å². The third-order valence-electron chi connectivity index (χ3n) is 9.38. The Kier molecular flexibility index (Phi) is 8.99. The number of amides is 2. The molecule has 5 aromatic carbocycles. The Balaban J connectivity index is 1.39. The average Bonchev–Trinajstić information content (AvgIpc) is 3.16. The standard InChI is InChI=1S/C42H38N4O3/c1-4-6-9-18-31(5-2)46-41(47)33-24-23-32(37-35(49-3)26-25-34(36(33)37)42(46)48)40-44-38(29-16-12-8-13-17-29)43-39(45-40)30-21-19-28(20-22-30)27-14-10-7-11-15-27/h7-8,10-17,19-26,31H,4-6,9,18H2,1-3H3. The van der Waals surface area contributed by atoms with Crippen LogP contribution in [0.2, 0.25) is 0 Å². The number of nitrogens with zero attached hydrogens (tertiary/aromatic N) is 4. The summed E-state index contributed by atoms with van der Waals surface area (Å²) in [4.78, 5) is 44.6. The van der Waals surface area contributed by atoms with Gasteiger partial charge in [-0.3, -0.25) is 14.5 Å². The van der Waals surface area contributed by atoms with Crippen LogP contribution >= 0.6 is 0 Å². The van der Waals surface area contributed by atoms with Crippen LogP contribution in [0.15, 0.2) is 109 Å². The molecule has 0 radical (unpaired) electrons. The highest BCUT2D eigenvalue weighted by molar-refractivity contribution is 6.27. The summed E-state index contributed by atoms with van der Waals surface area (Å²) in [6.45, 7) is 4.19. The van der Waals surface area contributed by atoms with Gasteiger partial charge in [0, 0.05) is 44.6 Å². The Morgan fingerprint density at radius 3 is 1.67 bits per heavy atom. The van der Waals surface area contributed by atoms with Crippen molar-refractivity contribution in [3.05, 3.63) is 120 Å². The summed E-state index contributed by atoms with van der Waals surface area (Å²) < 4.78 is 5.88. The van der Waals surface area contributed by atoms with Gasteiger partial charge in [-0.05, 0) is 48.2 Å². The number of ether oxygens (including phenoxy) is 1. The van der Waals surface area contributed by atoms with Gasteiger partial charge in [0.1, 0.15) is 5.75 Å². The lowest BCUT2D eigenvalue weighted by Gasteiger charge is -2.34. The third-order valence-corrected chi connectivity index (χ3v) is 9.38. The first-order valence-corrected chi connectivity index (χ1v) is 17.0. The SMILES string of the molecule is CCCCCC(CC)N1C(=O)c2ccc(OC)c3c(-c4nc(-c5ccccc5)nc(-c5ccc(-c6ccccc6)cc5)n4)ccc(c23)C1=O. The highest BCUT2D eigenvalue weighted by Gasteiger charge is 2.38. The van der Waals surface area contributed by atoms with Crippen molar-refractivity contribution < 1.29 is 14.3 Å². The van der Waals surface area contributed by atoms with E-state index in [1.165, 1.54) is 4.90 Å². The van der Waals surface area contributed by atoms with Gasteiger partial charge in [-0.15, -0.1) is 0 Å². The molecule has 0 bridgehead atoms. The number of rotatable bonds is 11. The van der Waals surface area contributed by atoms with Gasteiger partial charge in [-0.25, -0.2) is 15.0 Å². The zero-order valence-corrected chi connectivity index (χ0v) is 28.0. The molecule has 0 saturated carbocycles. The fraction of sp³-hybridized carbons (Fsp3) is 0.214. The van der Waals surface area contributed by atoms with Crippen LogP contribution in [0.3, 0.4) is 0 Å². The van der Waals surface area contributed by atoms with Crippen LogP contribution in [0, 0.1) is 0 Å². The molecule has 0 fully saturated rings. The predicted molar refractivity (Wildman–Crippen MR) is 194 cm³/mol. The van der Waals surface area contributed by atoms with Gasteiger partial charge in [0.2, 0.25) is 0 Å². The summed E-state index contributed by atoms with van der Waals surface area (Å²) in [7, 11) is 1.59. The van der Waals surface area contributed by atoms with Crippen molar-refractivity contribution in [1.29, 1.82) is 0 Å². The minimum atomic E-state index is -0.273. The highest BCUT2D eigenvalue weighted by Crippen LogP contribution is 2.42. The minimum Gasteiger partial charge on any atom is -0.496 e. The first-order chi connectivity index (χ1) is 24.0. The molecule has 1 aromatic heterocycles. The molecule has 1 unspecified atom stereocenters. The molecule has 0 spiro atoms. The predicted octanol–water partition coefficient (Wildman–Crippen LogP) is 9.66. The zero-order chi connectivity index (χ0) is 33.9. The number of benzene rings is 5. The Morgan fingerprint density at radius 1 is 0.571 bits per heavy atom. The van der Waals surface area contributed by atoms with Crippen LogP contribution in [0.5, 0.6) is 5.75 Å². The maximum atomic E-state index is 14.1. The molecule has 7 rings (SSSR count). The fourth-order valence-corrected chi connectivity index (χ4v) is 6.79. The molecular formula is C42H38N4O3. The third kappa shape index (κ3) is 5.97. The van der Waals surface area contributed by atoms with E-state index in [0.29, 0.717) is 57.1 Å². The molecular weight excluding hydrogens is 608 g/mol. The smallest absolute Gasteiger partial charge is 0.261 e. The van der Waals surface area contributed by atoms with E-state index in [1.807, 2.05) is 73.7 Å². The average molecular weight is 647 g/mol. The van der Waals surface area contributed by atoms with Gasteiger partial charge in [-0.1, -0.05) is 118 Å².